The maximum Gasteiger partial charge on any atom is 0.264 e. The van der Waals surface area contributed by atoms with Gasteiger partial charge >= 0.3 is 0 Å². The lowest BCUT2D eigenvalue weighted by atomic mass is 10.1. The Morgan fingerprint density at radius 1 is 1.00 bits per heavy atom. The van der Waals surface area contributed by atoms with E-state index in [1.807, 2.05) is 36.6 Å². The number of sulfonamides is 1. The molecular weight excluding hydrogens is 568 g/mol. The predicted molar refractivity (Wildman–Crippen MR) is 168 cm³/mol. The molecule has 1 unspecified atom stereocenters. The van der Waals surface area contributed by atoms with Crippen LogP contribution in [-0.4, -0.2) is 83.0 Å². The number of nitrogens with zero attached hydrogens (tertiary/aromatic N) is 5. The van der Waals surface area contributed by atoms with Crippen LogP contribution in [0.25, 0.3) is 11.0 Å². The fourth-order valence-corrected chi connectivity index (χ4v) is 6.49. The average Bonchev–Trinajstić information content (AvgIpc) is 3.38. The Morgan fingerprint density at radius 2 is 1.70 bits per heavy atom. The summed E-state index contributed by atoms with van der Waals surface area (Å²) in [6.45, 7) is 6.28. The Morgan fingerprint density at radius 3 is 2.33 bits per heavy atom. The van der Waals surface area contributed by atoms with Crippen molar-refractivity contribution >= 4 is 32.6 Å². The molecule has 0 aliphatic carbocycles. The molecular formula is C31H40N6O5S. The van der Waals surface area contributed by atoms with Crippen molar-refractivity contribution in [1.29, 1.82) is 0 Å². The van der Waals surface area contributed by atoms with E-state index in [2.05, 4.69) is 10.1 Å². The number of fused-ring (bicyclic) bond motifs is 1. The van der Waals surface area contributed by atoms with Crippen LogP contribution in [-0.2, 0) is 29.4 Å². The van der Waals surface area contributed by atoms with Crippen molar-refractivity contribution < 1.29 is 23.8 Å². The Kier molecular flexibility index (Phi) is 10.8. The molecule has 5 N–H and O–H groups in total. The minimum absolute atomic E-state index is 0.0301. The SMILES string of the molecule is CCN(CC)CCN(c1ccc2c(c1)nc(CCc1ccc(C(N)=NO)cc1)n2CC(O)CO)S(=O)(=O)c1ccccc1. The quantitative estimate of drug-likeness (QED) is 0.0695. The van der Waals surface area contributed by atoms with Crippen molar-refractivity contribution in [2.24, 2.45) is 10.9 Å². The van der Waals surface area contributed by atoms with Crippen LogP contribution < -0.4 is 10.0 Å². The number of aromatic nitrogens is 2. The molecule has 0 saturated heterocycles. The molecule has 0 amide bonds. The zero-order chi connectivity index (χ0) is 31.0. The van der Waals surface area contributed by atoms with E-state index < -0.39 is 22.7 Å². The van der Waals surface area contributed by atoms with Crippen LogP contribution in [0.3, 0.4) is 0 Å². The van der Waals surface area contributed by atoms with Gasteiger partial charge in [-0.3, -0.25) is 4.31 Å². The summed E-state index contributed by atoms with van der Waals surface area (Å²) in [6.07, 6.45) is 0.166. The third-order valence-electron chi connectivity index (χ3n) is 7.54. The maximum atomic E-state index is 13.9. The molecule has 4 aromatic rings. The summed E-state index contributed by atoms with van der Waals surface area (Å²) in [5, 5.41) is 31.8. The molecule has 0 radical (unpaired) electrons. The summed E-state index contributed by atoms with van der Waals surface area (Å²) < 4.78 is 31.0. The number of anilines is 1. The van der Waals surface area contributed by atoms with Gasteiger partial charge in [-0.1, -0.05) is 61.5 Å². The number of imidazole rings is 1. The molecule has 3 aromatic carbocycles. The van der Waals surface area contributed by atoms with Crippen molar-refractivity contribution in [2.75, 3.05) is 37.1 Å². The van der Waals surface area contributed by atoms with E-state index in [0.717, 1.165) is 24.2 Å². The first-order valence-electron chi connectivity index (χ1n) is 14.4. The van der Waals surface area contributed by atoms with Gasteiger partial charge in [0.05, 0.1) is 40.9 Å². The standard InChI is InChI=1S/C31H40N6O5S/c1-3-35(4-2)18-19-37(43(41,42)27-8-6-5-7-9-27)25-15-16-29-28(20-25)33-30(36(29)21-26(39)22-38)17-12-23-10-13-24(14-11-23)31(32)34-40/h5-11,13-16,20,26,38-40H,3-4,12,17-19,21-22H2,1-2H3,(H2,32,34). The number of hydrogen-bond acceptors (Lipinski definition) is 8. The van der Waals surface area contributed by atoms with Gasteiger partial charge in [0.1, 0.15) is 5.82 Å². The van der Waals surface area contributed by atoms with Gasteiger partial charge in [-0.25, -0.2) is 13.4 Å². The van der Waals surface area contributed by atoms with Gasteiger partial charge in [-0.05, 0) is 55.4 Å². The Bertz CT molecular complexity index is 1620. The van der Waals surface area contributed by atoms with Crippen molar-refractivity contribution in [2.45, 2.75) is 44.2 Å². The molecule has 0 aliphatic rings. The number of benzene rings is 3. The van der Waals surface area contributed by atoms with E-state index in [9.17, 15) is 18.6 Å². The highest BCUT2D eigenvalue weighted by Gasteiger charge is 2.26. The lowest BCUT2D eigenvalue weighted by Crippen LogP contribution is -2.38. The molecule has 1 atom stereocenters. The summed E-state index contributed by atoms with van der Waals surface area (Å²) in [7, 11) is -3.85. The van der Waals surface area contributed by atoms with E-state index in [0.29, 0.717) is 42.0 Å². The monoisotopic (exact) mass is 608 g/mol. The molecule has 1 heterocycles. The Hall–Kier alpha value is -3.97. The first-order chi connectivity index (χ1) is 20.7. The largest absolute Gasteiger partial charge is 0.409 e. The zero-order valence-corrected chi connectivity index (χ0v) is 25.4. The number of aliphatic hydroxyl groups excluding tert-OH is 2. The molecule has 0 saturated carbocycles. The molecule has 11 nitrogen and oxygen atoms in total. The highest BCUT2D eigenvalue weighted by atomic mass is 32.2. The summed E-state index contributed by atoms with van der Waals surface area (Å²) in [6, 6.07) is 21.1. The van der Waals surface area contributed by atoms with Crippen LogP contribution in [0.1, 0.15) is 30.8 Å². The van der Waals surface area contributed by atoms with Crippen molar-refractivity contribution in [3.8, 4) is 0 Å². The number of aryl methyl sites for hydroxylation is 2. The number of nitrogens with two attached hydrogens (primary N) is 1. The lowest BCUT2D eigenvalue weighted by Gasteiger charge is -2.27. The van der Waals surface area contributed by atoms with Gasteiger partial charge in [0.15, 0.2) is 5.84 Å². The highest BCUT2D eigenvalue weighted by Crippen LogP contribution is 2.28. The molecule has 0 aliphatic heterocycles. The fraction of sp³-hybridized carbons (Fsp3) is 0.355. The lowest BCUT2D eigenvalue weighted by molar-refractivity contribution is 0.0814. The smallest absolute Gasteiger partial charge is 0.264 e. The van der Waals surface area contributed by atoms with Crippen LogP contribution in [0.4, 0.5) is 5.69 Å². The van der Waals surface area contributed by atoms with Crippen molar-refractivity contribution in [1.82, 2.24) is 14.5 Å². The third kappa shape index (κ3) is 7.52. The molecule has 0 spiro atoms. The molecule has 0 bridgehead atoms. The van der Waals surface area contributed by atoms with E-state index in [1.54, 1.807) is 54.6 Å². The second-order valence-electron chi connectivity index (χ2n) is 10.2. The van der Waals surface area contributed by atoms with Crippen molar-refractivity contribution in [3.63, 3.8) is 0 Å². The van der Waals surface area contributed by atoms with E-state index in [4.69, 9.17) is 15.9 Å². The van der Waals surface area contributed by atoms with Gasteiger partial charge in [-0.2, -0.15) is 0 Å². The average molecular weight is 609 g/mol. The molecule has 12 heteroatoms. The van der Waals surface area contributed by atoms with E-state index in [-0.39, 0.29) is 23.8 Å². The number of hydrogen-bond donors (Lipinski definition) is 4. The van der Waals surface area contributed by atoms with E-state index in [1.165, 1.54) is 4.31 Å². The topological polar surface area (TPSA) is 158 Å². The van der Waals surface area contributed by atoms with Crippen LogP contribution in [0, 0.1) is 0 Å². The van der Waals surface area contributed by atoms with Gasteiger partial charge < -0.3 is 30.6 Å². The Balaban J connectivity index is 1.71. The first kappa shape index (κ1) is 32.0. The van der Waals surface area contributed by atoms with Crippen LogP contribution >= 0.6 is 0 Å². The number of aliphatic hydroxyl groups is 2. The van der Waals surface area contributed by atoms with Crippen LogP contribution in [0.2, 0.25) is 0 Å². The summed E-state index contributed by atoms with van der Waals surface area (Å²) in [5.74, 6) is 0.725. The minimum atomic E-state index is -3.85. The number of amidine groups is 1. The normalized spacial score (nSPS) is 13.1. The third-order valence-corrected chi connectivity index (χ3v) is 9.38. The second-order valence-corrected chi connectivity index (χ2v) is 12.1. The molecule has 1 aromatic heterocycles. The maximum absolute atomic E-state index is 13.9. The number of rotatable bonds is 15. The molecule has 43 heavy (non-hydrogen) atoms. The summed E-state index contributed by atoms with van der Waals surface area (Å²) in [4.78, 5) is 7.25. The van der Waals surface area contributed by atoms with E-state index >= 15 is 0 Å². The fourth-order valence-electron chi connectivity index (χ4n) is 5.02. The number of oxime groups is 1. The molecule has 230 valence electrons. The molecule has 4 rings (SSSR count). The molecule has 0 fully saturated rings. The Labute approximate surface area is 252 Å². The van der Waals surface area contributed by atoms with Crippen molar-refractivity contribution in [3.05, 3.63) is 89.7 Å². The summed E-state index contributed by atoms with van der Waals surface area (Å²) in [5.41, 5.74) is 9.11. The highest BCUT2D eigenvalue weighted by molar-refractivity contribution is 7.92. The van der Waals surface area contributed by atoms with Crippen LogP contribution in [0.15, 0.2) is 82.8 Å². The van der Waals surface area contributed by atoms with Gasteiger partial charge in [-0.15, -0.1) is 0 Å². The zero-order valence-electron chi connectivity index (χ0n) is 24.5. The summed E-state index contributed by atoms with van der Waals surface area (Å²) >= 11 is 0. The van der Waals surface area contributed by atoms with Crippen LogP contribution in [0.5, 0.6) is 0 Å². The number of likely N-dealkylation sites (N-methyl/N-ethyl adjacent to an activating group) is 1. The van der Waals surface area contributed by atoms with Gasteiger partial charge in [0.2, 0.25) is 0 Å². The van der Waals surface area contributed by atoms with Gasteiger partial charge in [0, 0.05) is 25.1 Å². The first-order valence-corrected chi connectivity index (χ1v) is 15.8. The second kappa shape index (κ2) is 14.5. The van der Waals surface area contributed by atoms with Gasteiger partial charge in [0.25, 0.3) is 10.0 Å². The predicted octanol–water partition coefficient (Wildman–Crippen LogP) is 2.81. The minimum Gasteiger partial charge on any atom is -0.409 e.